The van der Waals surface area contributed by atoms with Crippen molar-refractivity contribution in [2.45, 2.75) is 40.0 Å². The topological polar surface area (TPSA) is 55.5 Å². The first-order valence-corrected chi connectivity index (χ1v) is 9.92. The zero-order valence-corrected chi connectivity index (χ0v) is 17.1. The minimum Gasteiger partial charge on any atom is -0.291 e. The van der Waals surface area contributed by atoms with Crippen LogP contribution in [0.3, 0.4) is 0 Å². The maximum atomic E-state index is 14.5. The first-order valence-electron chi connectivity index (χ1n) is 9.92. The lowest BCUT2D eigenvalue weighted by Gasteiger charge is -2.23. The van der Waals surface area contributed by atoms with E-state index in [0.717, 1.165) is 6.54 Å². The van der Waals surface area contributed by atoms with Crippen molar-refractivity contribution < 1.29 is 13.6 Å². The standard InChI is InChI=1S/C22H23F2N5O/c1-4-28(14(2)3)30-13-21-27-26-20-12-25-22(16-7-5-6-8-18(16)24)17-11-15(23)9-10-19(17)29(20)21/h5-11,14H,4,12-13H2,1-3H3. The Hall–Kier alpha value is -2.97. The smallest absolute Gasteiger partial charge is 0.165 e. The summed E-state index contributed by atoms with van der Waals surface area (Å²) in [4.78, 5) is 10.5. The highest BCUT2D eigenvalue weighted by Gasteiger charge is 2.25. The molecule has 2 heterocycles. The van der Waals surface area contributed by atoms with Crippen LogP contribution in [0.2, 0.25) is 0 Å². The maximum Gasteiger partial charge on any atom is 0.165 e. The third-order valence-electron chi connectivity index (χ3n) is 5.01. The van der Waals surface area contributed by atoms with E-state index in [1.807, 2.05) is 30.4 Å². The van der Waals surface area contributed by atoms with Crippen LogP contribution in [0.1, 0.15) is 43.5 Å². The summed E-state index contributed by atoms with van der Waals surface area (Å²) in [6.45, 7) is 7.21. The minimum absolute atomic E-state index is 0.189. The summed E-state index contributed by atoms with van der Waals surface area (Å²) in [6.07, 6.45) is 0. The molecule has 0 bridgehead atoms. The number of aliphatic imine (C=N–C) groups is 1. The molecule has 0 atom stereocenters. The van der Waals surface area contributed by atoms with Crippen LogP contribution in [0, 0.1) is 11.6 Å². The molecule has 0 amide bonds. The number of fused-ring (bicyclic) bond motifs is 3. The predicted molar refractivity (Wildman–Crippen MR) is 109 cm³/mol. The molecule has 0 saturated heterocycles. The first kappa shape index (κ1) is 20.3. The van der Waals surface area contributed by atoms with E-state index in [1.54, 1.807) is 24.3 Å². The van der Waals surface area contributed by atoms with Gasteiger partial charge in [-0.15, -0.1) is 10.2 Å². The van der Waals surface area contributed by atoms with Crippen molar-refractivity contribution in [2.24, 2.45) is 4.99 Å². The van der Waals surface area contributed by atoms with E-state index >= 15 is 0 Å². The molecule has 156 valence electrons. The molecule has 8 heteroatoms. The highest BCUT2D eigenvalue weighted by molar-refractivity contribution is 6.15. The molecule has 0 aliphatic carbocycles. The summed E-state index contributed by atoms with van der Waals surface area (Å²) in [7, 11) is 0. The van der Waals surface area contributed by atoms with E-state index in [-0.39, 0.29) is 19.2 Å². The van der Waals surface area contributed by atoms with Crippen LogP contribution in [-0.2, 0) is 18.0 Å². The van der Waals surface area contributed by atoms with Gasteiger partial charge in [0.2, 0.25) is 0 Å². The van der Waals surface area contributed by atoms with Crippen molar-refractivity contribution in [1.82, 2.24) is 19.8 Å². The average molecular weight is 411 g/mol. The van der Waals surface area contributed by atoms with E-state index in [0.29, 0.717) is 34.2 Å². The number of benzene rings is 2. The monoisotopic (exact) mass is 411 g/mol. The van der Waals surface area contributed by atoms with Crippen LogP contribution < -0.4 is 0 Å². The molecule has 0 spiro atoms. The first-order chi connectivity index (χ1) is 14.5. The number of aromatic nitrogens is 3. The molecule has 6 nitrogen and oxygen atoms in total. The molecule has 1 aromatic heterocycles. The molecule has 0 N–H and O–H groups in total. The zero-order chi connectivity index (χ0) is 21.3. The Morgan fingerprint density at radius 3 is 2.63 bits per heavy atom. The molecule has 0 saturated carbocycles. The second-order valence-electron chi connectivity index (χ2n) is 7.27. The van der Waals surface area contributed by atoms with Crippen molar-refractivity contribution in [3.05, 3.63) is 76.9 Å². The van der Waals surface area contributed by atoms with E-state index in [2.05, 4.69) is 15.2 Å². The highest BCUT2D eigenvalue weighted by atomic mass is 19.1. The second-order valence-corrected chi connectivity index (χ2v) is 7.27. The molecular weight excluding hydrogens is 388 g/mol. The highest BCUT2D eigenvalue weighted by Crippen LogP contribution is 2.27. The Labute approximate surface area is 173 Å². The van der Waals surface area contributed by atoms with Gasteiger partial charge in [-0.05, 0) is 44.2 Å². The Morgan fingerprint density at radius 1 is 1.10 bits per heavy atom. The fourth-order valence-corrected chi connectivity index (χ4v) is 3.59. The summed E-state index contributed by atoms with van der Waals surface area (Å²) < 4.78 is 30.5. The summed E-state index contributed by atoms with van der Waals surface area (Å²) in [6, 6.07) is 10.9. The van der Waals surface area contributed by atoms with E-state index < -0.39 is 11.6 Å². The molecule has 3 aromatic rings. The zero-order valence-electron chi connectivity index (χ0n) is 17.1. The van der Waals surface area contributed by atoms with E-state index in [9.17, 15) is 8.78 Å². The molecule has 1 aliphatic rings. The lowest BCUT2D eigenvalue weighted by atomic mass is 10.00. The van der Waals surface area contributed by atoms with Gasteiger partial charge in [0.15, 0.2) is 11.6 Å². The number of nitrogens with zero attached hydrogens (tertiary/aromatic N) is 5. The third kappa shape index (κ3) is 3.76. The largest absolute Gasteiger partial charge is 0.291 e. The van der Waals surface area contributed by atoms with Crippen molar-refractivity contribution >= 4 is 5.71 Å². The Kier molecular flexibility index (Phi) is 5.69. The van der Waals surface area contributed by atoms with Crippen LogP contribution in [0.25, 0.3) is 5.69 Å². The van der Waals surface area contributed by atoms with Crippen LogP contribution >= 0.6 is 0 Å². The fraction of sp³-hybridized carbons (Fsp3) is 0.318. The number of rotatable bonds is 6. The molecule has 1 aliphatic heterocycles. The third-order valence-corrected chi connectivity index (χ3v) is 5.01. The predicted octanol–water partition coefficient (Wildman–Crippen LogP) is 4.06. The van der Waals surface area contributed by atoms with E-state index in [1.165, 1.54) is 18.2 Å². The molecular formula is C22H23F2N5O. The molecule has 0 fully saturated rings. The van der Waals surface area contributed by atoms with Gasteiger partial charge in [0.1, 0.15) is 24.8 Å². The number of halogens is 2. The quantitative estimate of drug-likeness (QED) is 0.574. The van der Waals surface area contributed by atoms with Gasteiger partial charge in [0.25, 0.3) is 0 Å². The minimum atomic E-state index is -0.427. The summed E-state index contributed by atoms with van der Waals surface area (Å²) >= 11 is 0. The van der Waals surface area contributed by atoms with Gasteiger partial charge in [-0.3, -0.25) is 14.4 Å². The Bertz CT molecular complexity index is 1090. The molecule has 4 rings (SSSR count). The lowest BCUT2D eigenvalue weighted by Crippen LogP contribution is -2.31. The van der Waals surface area contributed by atoms with Gasteiger partial charge < -0.3 is 0 Å². The van der Waals surface area contributed by atoms with Crippen LogP contribution in [-0.4, -0.2) is 38.1 Å². The van der Waals surface area contributed by atoms with E-state index in [4.69, 9.17) is 4.84 Å². The summed E-state index contributed by atoms with van der Waals surface area (Å²) in [5.41, 5.74) is 1.83. The number of hydrogen-bond acceptors (Lipinski definition) is 5. The van der Waals surface area contributed by atoms with Gasteiger partial charge in [0, 0.05) is 23.7 Å². The Morgan fingerprint density at radius 2 is 1.90 bits per heavy atom. The van der Waals surface area contributed by atoms with Crippen LogP contribution in [0.5, 0.6) is 0 Å². The van der Waals surface area contributed by atoms with Crippen molar-refractivity contribution in [3.8, 4) is 5.69 Å². The SMILES string of the molecule is CCN(OCc1nnc2n1-c1ccc(F)cc1C(c1ccccc1F)=NC2)C(C)C. The Balaban J connectivity index is 1.79. The van der Waals surface area contributed by atoms with Crippen LogP contribution in [0.4, 0.5) is 8.78 Å². The van der Waals surface area contributed by atoms with Gasteiger partial charge in [-0.25, -0.2) is 8.78 Å². The number of hydrogen-bond donors (Lipinski definition) is 0. The van der Waals surface area contributed by atoms with Gasteiger partial charge in [-0.2, -0.15) is 5.06 Å². The van der Waals surface area contributed by atoms with Gasteiger partial charge in [-0.1, -0.05) is 19.1 Å². The molecule has 0 radical (unpaired) electrons. The van der Waals surface area contributed by atoms with Gasteiger partial charge in [0.05, 0.1) is 11.4 Å². The number of hydroxylamine groups is 2. The molecule has 30 heavy (non-hydrogen) atoms. The molecule has 0 unspecified atom stereocenters. The van der Waals surface area contributed by atoms with Crippen molar-refractivity contribution in [1.29, 1.82) is 0 Å². The summed E-state index contributed by atoms with van der Waals surface area (Å²) in [5, 5.41) is 10.4. The normalized spacial score (nSPS) is 13.2. The maximum absolute atomic E-state index is 14.5. The van der Waals surface area contributed by atoms with Crippen molar-refractivity contribution in [3.63, 3.8) is 0 Å². The van der Waals surface area contributed by atoms with Gasteiger partial charge >= 0.3 is 0 Å². The molecule has 2 aromatic carbocycles. The fourth-order valence-electron chi connectivity index (χ4n) is 3.59. The van der Waals surface area contributed by atoms with Crippen molar-refractivity contribution in [2.75, 3.05) is 6.54 Å². The second kappa shape index (κ2) is 8.41. The van der Waals surface area contributed by atoms with Crippen LogP contribution in [0.15, 0.2) is 47.5 Å². The lowest BCUT2D eigenvalue weighted by molar-refractivity contribution is -0.188. The summed E-state index contributed by atoms with van der Waals surface area (Å²) in [5.74, 6) is 0.314. The average Bonchev–Trinajstić information content (AvgIpc) is 3.05.